The molecule has 0 aliphatic heterocycles. The first-order valence-corrected chi connectivity index (χ1v) is 14.5. The van der Waals surface area contributed by atoms with Crippen molar-refractivity contribution in [3.05, 3.63) is 50.6 Å². The van der Waals surface area contributed by atoms with Crippen LogP contribution in [0.5, 0.6) is 0 Å². The Balaban J connectivity index is -0.000000566. The maximum absolute atomic E-state index is 9.12. The molecule has 0 fully saturated rings. The SMILES string of the molecule is C=CCNCC[N+](C)(CCO)CCNCC=C.C=CCNCC[N+](C)(CCO)CCNCC=C.O=S(=O)([O-])[O-]. The molecule has 232 valence electrons. The van der Waals surface area contributed by atoms with Gasteiger partial charge in [-0.25, -0.2) is 0 Å². The average Bonchev–Trinajstić information content (AvgIpc) is 2.85. The molecule has 0 aromatic carbocycles. The van der Waals surface area contributed by atoms with Gasteiger partial charge in [-0.15, -0.1) is 26.3 Å². The molecule has 0 bridgehead atoms. The van der Waals surface area contributed by atoms with E-state index in [0.717, 1.165) is 101 Å². The number of aliphatic hydroxyl groups excluding tert-OH is 2. The van der Waals surface area contributed by atoms with Crippen molar-refractivity contribution >= 4 is 10.4 Å². The monoisotopic (exact) mass is 580 g/mol. The zero-order chi connectivity index (χ0) is 30.5. The molecule has 12 nitrogen and oxygen atoms in total. The molecule has 0 aliphatic carbocycles. The van der Waals surface area contributed by atoms with Gasteiger partial charge in [0.05, 0.1) is 53.5 Å². The normalized spacial score (nSPS) is 11.4. The lowest BCUT2D eigenvalue weighted by Gasteiger charge is -2.34. The highest BCUT2D eigenvalue weighted by molar-refractivity contribution is 7.79. The lowest BCUT2D eigenvalue weighted by Crippen LogP contribution is -2.52. The predicted molar refractivity (Wildman–Crippen MR) is 158 cm³/mol. The summed E-state index contributed by atoms with van der Waals surface area (Å²) in [5.74, 6) is 0. The Labute approximate surface area is 237 Å². The van der Waals surface area contributed by atoms with E-state index in [1.165, 1.54) is 0 Å². The second kappa shape index (κ2) is 28.1. The minimum Gasteiger partial charge on any atom is -0.759 e. The number of quaternary nitrogens is 2. The van der Waals surface area contributed by atoms with Crippen molar-refractivity contribution in [1.82, 2.24) is 21.3 Å². The Morgan fingerprint density at radius 2 is 0.795 bits per heavy atom. The number of nitrogens with one attached hydrogen (secondary N) is 4. The van der Waals surface area contributed by atoms with Crippen LogP contribution in [0.15, 0.2) is 50.6 Å². The summed E-state index contributed by atoms with van der Waals surface area (Å²) in [6.45, 7) is 28.0. The molecule has 0 aliphatic rings. The van der Waals surface area contributed by atoms with Gasteiger partial charge in [-0.2, -0.15) is 0 Å². The maximum Gasteiger partial charge on any atom is 0.102 e. The Morgan fingerprint density at radius 1 is 0.590 bits per heavy atom. The van der Waals surface area contributed by atoms with Crippen molar-refractivity contribution in [3.8, 4) is 0 Å². The van der Waals surface area contributed by atoms with Gasteiger partial charge >= 0.3 is 0 Å². The third-order valence-electron chi connectivity index (χ3n) is 5.75. The van der Waals surface area contributed by atoms with E-state index in [4.69, 9.17) is 27.7 Å². The van der Waals surface area contributed by atoms with Crippen LogP contribution in [0.1, 0.15) is 0 Å². The predicted octanol–water partition coefficient (Wildman–Crippen LogP) is -1.38. The first-order valence-electron chi connectivity index (χ1n) is 13.2. The topological polar surface area (TPSA) is 169 Å². The van der Waals surface area contributed by atoms with E-state index < -0.39 is 10.4 Å². The molecule has 0 saturated carbocycles. The van der Waals surface area contributed by atoms with E-state index in [1.807, 2.05) is 24.3 Å². The van der Waals surface area contributed by atoms with Crippen LogP contribution in [0, 0.1) is 0 Å². The number of aliphatic hydroxyl groups is 2. The van der Waals surface area contributed by atoms with E-state index in [1.54, 1.807) is 0 Å². The van der Waals surface area contributed by atoms with Crippen LogP contribution in [0.4, 0.5) is 0 Å². The smallest absolute Gasteiger partial charge is 0.102 e. The number of likely N-dealkylation sites (N-methyl/N-ethyl adjacent to an activating group) is 2. The van der Waals surface area contributed by atoms with Gasteiger partial charge < -0.3 is 49.6 Å². The molecule has 0 spiro atoms. The van der Waals surface area contributed by atoms with Crippen LogP contribution in [0.3, 0.4) is 0 Å². The minimum absolute atomic E-state index is 0.236. The molecule has 39 heavy (non-hydrogen) atoms. The Bertz CT molecular complexity index is 625. The molecular formula is C26H56N6O6S. The molecule has 0 radical (unpaired) electrons. The summed E-state index contributed by atoms with van der Waals surface area (Å²) < 4.78 is 35.8. The van der Waals surface area contributed by atoms with Gasteiger partial charge in [-0.1, -0.05) is 24.3 Å². The first-order chi connectivity index (χ1) is 18.4. The number of hydrogen-bond acceptors (Lipinski definition) is 10. The summed E-state index contributed by atoms with van der Waals surface area (Å²) in [4.78, 5) is 0. The summed E-state index contributed by atoms with van der Waals surface area (Å²) >= 11 is 0. The molecule has 0 atom stereocenters. The summed E-state index contributed by atoms with van der Waals surface area (Å²) in [7, 11) is -0.803. The maximum atomic E-state index is 9.12. The van der Waals surface area contributed by atoms with E-state index in [9.17, 15) is 0 Å². The highest BCUT2D eigenvalue weighted by Crippen LogP contribution is 2.00. The van der Waals surface area contributed by atoms with E-state index >= 15 is 0 Å². The number of nitrogens with zero attached hydrogens (tertiary/aromatic N) is 2. The van der Waals surface area contributed by atoms with Crippen LogP contribution < -0.4 is 21.3 Å². The van der Waals surface area contributed by atoms with Crippen molar-refractivity contribution in [2.75, 3.05) is 119 Å². The zero-order valence-electron chi connectivity index (χ0n) is 24.3. The number of hydrogen-bond donors (Lipinski definition) is 6. The molecule has 0 rings (SSSR count). The summed E-state index contributed by atoms with van der Waals surface area (Å²) in [5, 5.41) is 31.4. The Kier molecular flexibility index (Phi) is 30.2. The van der Waals surface area contributed by atoms with Gasteiger partial charge in [0.15, 0.2) is 0 Å². The minimum atomic E-state index is -5.17. The van der Waals surface area contributed by atoms with Crippen LogP contribution in [0.25, 0.3) is 0 Å². The third-order valence-corrected chi connectivity index (χ3v) is 5.75. The molecule has 0 aromatic heterocycles. The van der Waals surface area contributed by atoms with Crippen molar-refractivity contribution in [2.45, 2.75) is 0 Å². The van der Waals surface area contributed by atoms with Crippen molar-refractivity contribution in [1.29, 1.82) is 0 Å². The van der Waals surface area contributed by atoms with Crippen LogP contribution in [0.2, 0.25) is 0 Å². The van der Waals surface area contributed by atoms with E-state index in [-0.39, 0.29) is 13.2 Å². The fourth-order valence-corrected chi connectivity index (χ4v) is 3.37. The molecule has 6 N–H and O–H groups in total. The fourth-order valence-electron chi connectivity index (χ4n) is 3.37. The third kappa shape index (κ3) is 36.5. The largest absolute Gasteiger partial charge is 0.759 e. The highest BCUT2D eigenvalue weighted by Gasteiger charge is 2.20. The molecule has 0 saturated heterocycles. The molecule has 13 heteroatoms. The van der Waals surface area contributed by atoms with Crippen LogP contribution >= 0.6 is 0 Å². The standard InChI is InChI=1S/2C13H28N3O.H2O4S/c2*1-4-6-14-8-10-16(3,12-13-17)11-9-15-7-5-2;1-5(2,3)4/h2*4-5,14-15,17H,1-2,6-13H2,3H3;(H2,1,2,3,4)/q2*+1;/p-2. The summed E-state index contributed by atoms with van der Waals surface area (Å²) in [5.41, 5.74) is 0. The highest BCUT2D eigenvalue weighted by atomic mass is 32.3. The van der Waals surface area contributed by atoms with Gasteiger partial charge in [0.1, 0.15) is 13.1 Å². The van der Waals surface area contributed by atoms with Gasteiger partial charge in [0.2, 0.25) is 0 Å². The van der Waals surface area contributed by atoms with E-state index in [0.29, 0.717) is 0 Å². The molecular weight excluding hydrogens is 524 g/mol. The van der Waals surface area contributed by atoms with Gasteiger partial charge in [-0.05, 0) is 0 Å². The van der Waals surface area contributed by atoms with Gasteiger partial charge in [0.25, 0.3) is 0 Å². The average molecular weight is 581 g/mol. The second-order valence-corrected chi connectivity index (χ2v) is 10.2. The first kappa shape index (κ1) is 42.0. The van der Waals surface area contributed by atoms with Crippen LogP contribution in [-0.2, 0) is 10.4 Å². The van der Waals surface area contributed by atoms with Crippen LogP contribution in [-0.4, -0.2) is 156 Å². The Morgan fingerprint density at radius 3 is 0.949 bits per heavy atom. The van der Waals surface area contributed by atoms with E-state index in [2.05, 4.69) is 61.7 Å². The summed E-state index contributed by atoms with van der Waals surface area (Å²) in [6, 6.07) is 0. The lowest BCUT2D eigenvalue weighted by atomic mass is 10.3. The molecule has 0 unspecified atom stereocenters. The number of rotatable bonds is 24. The van der Waals surface area contributed by atoms with Crippen molar-refractivity contribution in [3.63, 3.8) is 0 Å². The Hall–Kier alpha value is -1.49. The lowest BCUT2D eigenvalue weighted by molar-refractivity contribution is -0.907. The quantitative estimate of drug-likeness (QED) is 0.0263. The van der Waals surface area contributed by atoms with Crippen molar-refractivity contribution < 1.29 is 36.7 Å². The molecule has 0 heterocycles. The van der Waals surface area contributed by atoms with Crippen molar-refractivity contribution in [2.24, 2.45) is 0 Å². The fraction of sp³-hybridized carbons (Fsp3) is 0.692. The second-order valence-electron chi connectivity index (χ2n) is 9.41. The summed E-state index contributed by atoms with van der Waals surface area (Å²) in [6.07, 6.45) is 7.45. The van der Waals surface area contributed by atoms with Gasteiger partial charge in [-0.3, -0.25) is 8.42 Å². The molecule has 0 amide bonds. The van der Waals surface area contributed by atoms with Gasteiger partial charge in [0, 0.05) is 62.8 Å². The zero-order valence-corrected chi connectivity index (χ0v) is 25.1. The molecule has 0 aromatic rings.